The van der Waals surface area contributed by atoms with Gasteiger partial charge in [0.1, 0.15) is 0 Å². The molecular formula is C15H28. The second kappa shape index (κ2) is 8.76. The van der Waals surface area contributed by atoms with Gasteiger partial charge in [0.2, 0.25) is 0 Å². The van der Waals surface area contributed by atoms with Gasteiger partial charge in [-0.1, -0.05) is 63.8 Å². The first-order valence-corrected chi connectivity index (χ1v) is 6.35. The van der Waals surface area contributed by atoms with Gasteiger partial charge < -0.3 is 0 Å². The summed E-state index contributed by atoms with van der Waals surface area (Å²) in [4.78, 5) is 0. The van der Waals surface area contributed by atoms with Gasteiger partial charge in [-0.2, -0.15) is 0 Å². The number of hydrogen-bond acceptors (Lipinski definition) is 0. The number of rotatable bonds is 7. The molecule has 1 unspecified atom stereocenters. The smallest absolute Gasteiger partial charge is 0.0322 e. The van der Waals surface area contributed by atoms with Gasteiger partial charge in [0.15, 0.2) is 0 Å². The fourth-order valence-corrected chi connectivity index (χ4v) is 1.57. The van der Waals surface area contributed by atoms with Crippen LogP contribution in [0, 0.1) is 11.8 Å². The van der Waals surface area contributed by atoms with Crippen molar-refractivity contribution in [2.45, 2.75) is 60.3 Å². The Kier molecular flexibility index (Phi) is 8.46. The molecule has 0 heteroatoms. The van der Waals surface area contributed by atoms with Crippen LogP contribution in [0.1, 0.15) is 60.3 Å². The number of allylic oxidation sites excluding steroid dienone is 4. The van der Waals surface area contributed by atoms with Gasteiger partial charge in [0, 0.05) is 0 Å². The zero-order valence-corrected chi connectivity index (χ0v) is 11.2. The second-order valence-corrected chi connectivity index (χ2v) is 5.10. The molecule has 0 spiro atoms. The number of hydrogen-bond donors (Lipinski definition) is 0. The Morgan fingerprint density at radius 1 is 1.13 bits per heavy atom. The van der Waals surface area contributed by atoms with E-state index in [1.165, 1.54) is 31.3 Å². The minimum atomic E-state index is 0.838. The summed E-state index contributed by atoms with van der Waals surface area (Å²) in [5, 5.41) is 0. The van der Waals surface area contributed by atoms with Gasteiger partial charge in [-0.05, 0) is 32.1 Å². The second-order valence-electron chi connectivity index (χ2n) is 5.10. The Morgan fingerprint density at radius 2 is 1.80 bits per heavy atom. The van der Waals surface area contributed by atoms with E-state index in [4.69, 9.17) is 0 Å². The fourth-order valence-electron chi connectivity index (χ4n) is 1.57. The SMILES string of the molecule is C/C=C(C)\C=C\CC(C)CCCC(C)C. The van der Waals surface area contributed by atoms with Crippen molar-refractivity contribution in [3.8, 4) is 0 Å². The third-order valence-corrected chi connectivity index (χ3v) is 2.85. The maximum absolute atomic E-state index is 2.36. The first-order valence-electron chi connectivity index (χ1n) is 6.35. The van der Waals surface area contributed by atoms with E-state index >= 15 is 0 Å². The van der Waals surface area contributed by atoms with E-state index in [9.17, 15) is 0 Å². The minimum Gasteiger partial charge on any atom is -0.0847 e. The van der Waals surface area contributed by atoms with Crippen LogP contribution in [-0.4, -0.2) is 0 Å². The van der Waals surface area contributed by atoms with Gasteiger partial charge in [-0.25, -0.2) is 0 Å². The van der Waals surface area contributed by atoms with E-state index in [1.54, 1.807) is 0 Å². The molecular weight excluding hydrogens is 180 g/mol. The van der Waals surface area contributed by atoms with Crippen molar-refractivity contribution < 1.29 is 0 Å². The van der Waals surface area contributed by atoms with Crippen molar-refractivity contribution in [1.29, 1.82) is 0 Å². The Labute approximate surface area is 96.5 Å². The average molecular weight is 208 g/mol. The molecule has 0 aromatic heterocycles. The van der Waals surface area contributed by atoms with Crippen molar-refractivity contribution in [3.05, 3.63) is 23.8 Å². The average Bonchev–Trinajstić information content (AvgIpc) is 2.17. The minimum absolute atomic E-state index is 0.838. The lowest BCUT2D eigenvalue weighted by atomic mass is 9.97. The summed E-state index contributed by atoms with van der Waals surface area (Å²) in [6, 6.07) is 0. The standard InChI is InChI=1S/C15H28/c1-6-14(4)10-8-12-15(5)11-7-9-13(2)3/h6,8,10,13,15H,7,9,11-12H2,1-5H3/b10-8+,14-6-. The summed E-state index contributed by atoms with van der Waals surface area (Å²) in [6.45, 7) is 11.2. The molecule has 0 bridgehead atoms. The van der Waals surface area contributed by atoms with Crippen molar-refractivity contribution >= 4 is 0 Å². The molecule has 0 nitrogen and oxygen atoms in total. The highest BCUT2D eigenvalue weighted by atomic mass is 14.1. The normalized spacial score (nSPS) is 15.2. The molecule has 0 rings (SSSR count). The molecule has 0 saturated carbocycles. The molecule has 0 heterocycles. The molecule has 0 saturated heterocycles. The van der Waals surface area contributed by atoms with Gasteiger partial charge in [0.05, 0.1) is 0 Å². The van der Waals surface area contributed by atoms with Crippen LogP contribution in [0.3, 0.4) is 0 Å². The van der Waals surface area contributed by atoms with Crippen LogP contribution < -0.4 is 0 Å². The molecule has 15 heavy (non-hydrogen) atoms. The van der Waals surface area contributed by atoms with E-state index in [1.807, 2.05) is 0 Å². The zero-order valence-electron chi connectivity index (χ0n) is 11.2. The van der Waals surface area contributed by atoms with Gasteiger partial charge in [-0.3, -0.25) is 0 Å². The molecule has 88 valence electrons. The first kappa shape index (κ1) is 14.5. The van der Waals surface area contributed by atoms with Crippen LogP contribution in [0.25, 0.3) is 0 Å². The van der Waals surface area contributed by atoms with Crippen molar-refractivity contribution in [3.63, 3.8) is 0 Å². The Balaban J connectivity index is 3.57. The van der Waals surface area contributed by atoms with Gasteiger partial charge >= 0.3 is 0 Å². The Bertz CT molecular complexity index is 196. The Hall–Kier alpha value is -0.520. The molecule has 0 N–H and O–H groups in total. The summed E-state index contributed by atoms with van der Waals surface area (Å²) in [6.07, 6.45) is 12.1. The molecule has 0 aromatic rings. The maximum Gasteiger partial charge on any atom is -0.0322 e. The Morgan fingerprint density at radius 3 is 2.33 bits per heavy atom. The van der Waals surface area contributed by atoms with E-state index in [0.29, 0.717) is 0 Å². The monoisotopic (exact) mass is 208 g/mol. The molecule has 0 aliphatic heterocycles. The van der Waals surface area contributed by atoms with E-state index in [0.717, 1.165) is 11.8 Å². The molecule has 0 aliphatic carbocycles. The van der Waals surface area contributed by atoms with E-state index in [-0.39, 0.29) is 0 Å². The largest absolute Gasteiger partial charge is 0.0847 e. The summed E-state index contributed by atoms with van der Waals surface area (Å²) < 4.78 is 0. The predicted octanol–water partition coefficient (Wildman–Crippen LogP) is 5.36. The molecule has 0 amide bonds. The van der Waals surface area contributed by atoms with Crippen LogP contribution >= 0.6 is 0 Å². The lowest BCUT2D eigenvalue weighted by Gasteiger charge is -2.09. The van der Waals surface area contributed by atoms with E-state index in [2.05, 4.69) is 52.8 Å². The summed E-state index contributed by atoms with van der Waals surface area (Å²) >= 11 is 0. The highest BCUT2D eigenvalue weighted by Gasteiger charge is 2.00. The highest BCUT2D eigenvalue weighted by molar-refractivity contribution is 5.14. The molecule has 1 atom stereocenters. The fraction of sp³-hybridized carbons (Fsp3) is 0.733. The van der Waals surface area contributed by atoms with Crippen LogP contribution in [-0.2, 0) is 0 Å². The third-order valence-electron chi connectivity index (χ3n) is 2.85. The lowest BCUT2D eigenvalue weighted by molar-refractivity contribution is 0.461. The van der Waals surface area contributed by atoms with Gasteiger partial charge in [-0.15, -0.1) is 0 Å². The zero-order chi connectivity index (χ0) is 11.7. The van der Waals surface area contributed by atoms with Crippen LogP contribution in [0.5, 0.6) is 0 Å². The van der Waals surface area contributed by atoms with Gasteiger partial charge in [0.25, 0.3) is 0 Å². The van der Waals surface area contributed by atoms with Crippen LogP contribution in [0.2, 0.25) is 0 Å². The van der Waals surface area contributed by atoms with Crippen molar-refractivity contribution in [2.75, 3.05) is 0 Å². The summed E-state index contributed by atoms with van der Waals surface area (Å²) in [7, 11) is 0. The summed E-state index contributed by atoms with van der Waals surface area (Å²) in [5.41, 5.74) is 1.37. The quantitative estimate of drug-likeness (QED) is 0.494. The first-order chi connectivity index (χ1) is 7.06. The summed E-state index contributed by atoms with van der Waals surface area (Å²) in [5.74, 6) is 1.70. The molecule has 0 radical (unpaired) electrons. The topological polar surface area (TPSA) is 0 Å². The van der Waals surface area contributed by atoms with Crippen molar-refractivity contribution in [1.82, 2.24) is 0 Å². The predicted molar refractivity (Wildman–Crippen MR) is 71.0 cm³/mol. The van der Waals surface area contributed by atoms with Crippen LogP contribution in [0.15, 0.2) is 23.8 Å². The highest BCUT2D eigenvalue weighted by Crippen LogP contribution is 2.15. The maximum atomic E-state index is 2.36. The molecule has 0 fully saturated rings. The molecule has 0 aliphatic rings. The lowest BCUT2D eigenvalue weighted by Crippen LogP contribution is -1.95. The van der Waals surface area contributed by atoms with Crippen molar-refractivity contribution in [2.24, 2.45) is 11.8 Å². The van der Waals surface area contributed by atoms with Crippen LogP contribution in [0.4, 0.5) is 0 Å². The molecule has 0 aromatic carbocycles. The third kappa shape index (κ3) is 9.78. The van der Waals surface area contributed by atoms with E-state index < -0.39 is 0 Å².